The zero-order chi connectivity index (χ0) is 31.5. The third kappa shape index (κ3) is 8.28. The highest BCUT2D eigenvalue weighted by Crippen LogP contribution is 2.28. The molecule has 0 saturated carbocycles. The molecule has 0 aliphatic carbocycles. The summed E-state index contributed by atoms with van der Waals surface area (Å²) in [6.07, 6.45) is 3.17. The predicted octanol–water partition coefficient (Wildman–Crippen LogP) is 6.25. The summed E-state index contributed by atoms with van der Waals surface area (Å²) in [6, 6.07) is 24.4. The Labute approximate surface area is 253 Å². The maximum Gasteiger partial charge on any atom is 0.343 e. The standard InChI is InChI=1S/C36H24O8/c1-4-33(37)41-29-17-8-24(9-18-29)7-10-26-13-16-28(23-32(26)44-35(39)6-3)25-11-14-27(15-12-25)36(40)43-31-21-19-30(20-22-31)42-34(38)5-2/h4-6,8-9,11-23H,1-3H2. The third-order valence-electron chi connectivity index (χ3n) is 5.81. The van der Waals surface area contributed by atoms with Crippen molar-refractivity contribution < 1.29 is 38.1 Å². The molecule has 0 aromatic heterocycles. The fourth-order valence-electron chi connectivity index (χ4n) is 3.64. The third-order valence-corrected chi connectivity index (χ3v) is 5.81. The van der Waals surface area contributed by atoms with Gasteiger partial charge in [-0.1, -0.05) is 49.8 Å². The van der Waals surface area contributed by atoms with E-state index in [9.17, 15) is 19.2 Å². The summed E-state index contributed by atoms with van der Waals surface area (Å²) in [7, 11) is 0. The van der Waals surface area contributed by atoms with Crippen molar-refractivity contribution in [2.24, 2.45) is 0 Å². The lowest BCUT2D eigenvalue weighted by Crippen LogP contribution is -2.08. The molecule has 0 heterocycles. The van der Waals surface area contributed by atoms with Gasteiger partial charge in [-0.3, -0.25) is 0 Å². The van der Waals surface area contributed by atoms with Gasteiger partial charge in [0.25, 0.3) is 0 Å². The average molecular weight is 585 g/mol. The van der Waals surface area contributed by atoms with Crippen LogP contribution >= 0.6 is 0 Å². The van der Waals surface area contributed by atoms with Crippen LogP contribution in [-0.4, -0.2) is 23.9 Å². The van der Waals surface area contributed by atoms with Crippen molar-refractivity contribution in [3.8, 4) is 46.0 Å². The molecule has 0 unspecified atom stereocenters. The molecule has 0 fully saturated rings. The summed E-state index contributed by atoms with van der Waals surface area (Å²) in [5, 5.41) is 0. The molecule has 44 heavy (non-hydrogen) atoms. The van der Waals surface area contributed by atoms with E-state index in [2.05, 4.69) is 31.6 Å². The van der Waals surface area contributed by atoms with E-state index in [1.165, 1.54) is 24.3 Å². The highest BCUT2D eigenvalue weighted by atomic mass is 16.5. The summed E-state index contributed by atoms with van der Waals surface area (Å²) in [6.45, 7) is 10.2. The van der Waals surface area contributed by atoms with E-state index < -0.39 is 23.9 Å². The van der Waals surface area contributed by atoms with Crippen LogP contribution in [0.3, 0.4) is 0 Å². The minimum absolute atomic E-state index is 0.224. The van der Waals surface area contributed by atoms with Crippen LogP contribution < -0.4 is 18.9 Å². The molecule has 4 rings (SSSR count). The first-order chi connectivity index (χ1) is 21.3. The number of hydrogen-bond acceptors (Lipinski definition) is 8. The Hall–Kier alpha value is -6.46. The van der Waals surface area contributed by atoms with Crippen LogP contribution in [0.1, 0.15) is 21.5 Å². The first-order valence-electron chi connectivity index (χ1n) is 13.0. The molecule has 0 aliphatic rings. The molecule has 0 aliphatic heterocycles. The maximum atomic E-state index is 12.7. The molecule has 0 N–H and O–H groups in total. The van der Waals surface area contributed by atoms with Crippen molar-refractivity contribution in [3.63, 3.8) is 0 Å². The van der Waals surface area contributed by atoms with Crippen LogP contribution in [0.4, 0.5) is 0 Å². The quantitative estimate of drug-likeness (QED) is 0.0985. The lowest BCUT2D eigenvalue weighted by atomic mass is 10.0. The first kappa shape index (κ1) is 30.5. The minimum atomic E-state index is -0.649. The van der Waals surface area contributed by atoms with Gasteiger partial charge in [-0.25, -0.2) is 19.2 Å². The van der Waals surface area contributed by atoms with Gasteiger partial charge in [0.1, 0.15) is 23.0 Å². The van der Waals surface area contributed by atoms with Gasteiger partial charge in [0.05, 0.1) is 11.1 Å². The van der Waals surface area contributed by atoms with Gasteiger partial charge in [0.2, 0.25) is 0 Å². The highest BCUT2D eigenvalue weighted by Gasteiger charge is 2.12. The van der Waals surface area contributed by atoms with E-state index in [1.54, 1.807) is 66.7 Å². The Morgan fingerprint density at radius 1 is 0.523 bits per heavy atom. The second-order valence-corrected chi connectivity index (χ2v) is 8.80. The van der Waals surface area contributed by atoms with Crippen molar-refractivity contribution in [1.82, 2.24) is 0 Å². The smallest absolute Gasteiger partial charge is 0.343 e. The van der Waals surface area contributed by atoms with E-state index in [0.29, 0.717) is 28.0 Å². The fourth-order valence-corrected chi connectivity index (χ4v) is 3.64. The molecule has 0 atom stereocenters. The van der Waals surface area contributed by atoms with Gasteiger partial charge in [-0.15, -0.1) is 0 Å². The minimum Gasteiger partial charge on any atom is -0.423 e. The maximum absolute atomic E-state index is 12.7. The Kier molecular flexibility index (Phi) is 10.0. The van der Waals surface area contributed by atoms with Gasteiger partial charge in [0.15, 0.2) is 0 Å². The molecule has 4 aromatic rings. The van der Waals surface area contributed by atoms with Crippen LogP contribution in [0.2, 0.25) is 0 Å². The second kappa shape index (κ2) is 14.4. The number of ether oxygens (including phenoxy) is 4. The summed E-state index contributed by atoms with van der Waals surface area (Å²) < 4.78 is 20.9. The molecule has 0 bridgehead atoms. The van der Waals surface area contributed by atoms with E-state index in [0.717, 1.165) is 23.8 Å². The lowest BCUT2D eigenvalue weighted by molar-refractivity contribution is -0.129. The van der Waals surface area contributed by atoms with Crippen molar-refractivity contribution >= 4 is 23.9 Å². The molecule has 8 nitrogen and oxygen atoms in total. The molecule has 0 saturated heterocycles. The predicted molar refractivity (Wildman–Crippen MR) is 163 cm³/mol. The van der Waals surface area contributed by atoms with Gasteiger partial charge >= 0.3 is 23.9 Å². The van der Waals surface area contributed by atoms with E-state index in [1.807, 2.05) is 0 Å². The number of carbonyl (C=O) groups is 4. The zero-order valence-electron chi connectivity index (χ0n) is 23.3. The van der Waals surface area contributed by atoms with Crippen molar-refractivity contribution in [3.05, 3.63) is 146 Å². The van der Waals surface area contributed by atoms with Crippen LogP contribution in [-0.2, 0) is 14.4 Å². The molecule has 0 amide bonds. The SMILES string of the molecule is C=CC(=O)Oc1ccc(C#Cc2ccc(-c3ccc(C(=O)Oc4ccc(OC(=O)C=C)cc4)cc3)cc2OC(=O)C=C)cc1. The van der Waals surface area contributed by atoms with Crippen LogP contribution in [0.15, 0.2) is 129 Å². The van der Waals surface area contributed by atoms with Crippen molar-refractivity contribution in [1.29, 1.82) is 0 Å². The van der Waals surface area contributed by atoms with Crippen LogP contribution in [0.5, 0.6) is 23.0 Å². The number of hydrogen-bond donors (Lipinski definition) is 0. The van der Waals surface area contributed by atoms with Crippen molar-refractivity contribution in [2.45, 2.75) is 0 Å². The Bertz CT molecular complexity index is 1800. The topological polar surface area (TPSA) is 105 Å². The molecule has 216 valence electrons. The molecule has 4 aromatic carbocycles. The number of carbonyl (C=O) groups excluding carboxylic acids is 4. The van der Waals surface area contributed by atoms with E-state index >= 15 is 0 Å². The molecule has 0 radical (unpaired) electrons. The summed E-state index contributed by atoms with van der Waals surface area (Å²) >= 11 is 0. The molecular weight excluding hydrogens is 560 g/mol. The lowest BCUT2D eigenvalue weighted by Gasteiger charge is -2.09. The number of benzene rings is 4. The monoisotopic (exact) mass is 584 g/mol. The van der Waals surface area contributed by atoms with Crippen molar-refractivity contribution in [2.75, 3.05) is 0 Å². The first-order valence-corrected chi connectivity index (χ1v) is 13.0. The van der Waals surface area contributed by atoms with Crippen LogP contribution in [0, 0.1) is 11.8 Å². The summed E-state index contributed by atoms with van der Waals surface area (Å²) in [4.78, 5) is 47.4. The molecular formula is C36H24O8. The zero-order valence-corrected chi connectivity index (χ0v) is 23.3. The van der Waals surface area contributed by atoms with Crippen LogP contribution in [0.25, 0.3) is 11.1 Å². The van der Waals surface area contributed by atoms with E-state index in [4.69, 9.17) is 18.9 Å². The second-order valence-electron chi connectivity index (χ2n) is 8.80. The fraction of sp³-hybridized carbons (Fsp3) is 0. The number of rotatable bonds is 9. The van der Waals surface area contributed by atoms with Gasteiger partial charge in [-0.2, -0.15) is 0 Å². The average Bonchev–Trinajstić information content (AvgIpc) is 3.05. The normalized spacial score (nSPS) is 9.82. The number of esters is 4. The van der Waals surface area contributed by atoms with Gasteiger partial charge < -0.3 is 18.9 Å². The molecule has 8 heteroatoms. The van der Waals surface area contributed by atoms with Gasteiger partial charge in [0, 0.05) is 23.8 Å². The van der Waals surface area contributed by atoms with Gasteiger partial charge in [-0.05, 0) is 83.9 Å². The summed E-state index contributed by atoms with van der Waals surface area (Å²) in [5.41, 5.74) is 2.86. The molecule has 0 spiro atoms. The Morgan fingerprint density at radius 2 is 1.00 bits per heavy atom. The Morgan fingerprint density at radius 3 is 1.55 bits per heavy atom. The Balaban J connectivity index is 1.50. The highest BCUT2D eigenvalue weighted by molar-refractivity contribution is 5.92. The van der Waals surface area contributed by atoms with E-state index in [-0.39, 0.29) is 17.2 Å². The largest absolute Gasteiger partial charge is 0.423 e. The summed E-state index contributed by atoms with van der Waals surface area (Å²) in [5.74, 6) is 4.74.